The number of rotatable bonds is 3. The van der Waals surface area contributed by atoms with Crippen molar-refractivity contribution in [3.63, 3.8) is 0 Å². The molecule has 56 heavy (non-hydrogen) atoms. The van der Waals surface area contributed by atoms with Gasteiger partial charge in [-0.05, 0) is 117 Å². The van der Waals surface area contributed by atoms with E-state index in [0.29, 0.717) is 0 Å². The van der Waals surface area contributed by atoms with E-state index >= 15 is 0 Å². The maximum atomic E-state index is 6.97. The number of fused-ring (bicyclic) bond motifs is 12. The van der Waals surface area contributed by atoms with Crippen LogP contribution in [0.15, 0.2) is 186 Å². The van der Waals surface area contributed by atoms with Crippen LogP contribution in [0, 0.1) is 0 Å². The standard InChI is InChI=1S/C55H36O/c1-55(2)46-23-13-12-22-44(46)51-47(55)32-45(54-53(51)52-39-17-7-6-14-33(39)28-29-48(52)56-54)37-26-24-36-31-38(27-25-35(36)30-37)50-42-20-10-8-18-40(42)49(34-15-4-3-5-16-34)41-19-9-11-21-43(41)50/h3-32H,1-2H3. The van der Waals surface area contributed by atoms with Crippen LogP contribution in [0.5, 0.6) is 0 Å². The largest absolute Gasteiger partial charge is 0.455 e. The highest BCUT2D eigenvalue weighted by atomic mass is 16.3. The Morgan fingerprint density at radius 2 is 0.911 bits per heavy atom. The van der Waals surface area contributed by atoms with Crippen LogP contribution in [0.25, 0.3) is 110 Å². The minimum absolute atomic E-state index is 0.156. The summed E-state index contributed by atoms with van der Waals surface area (Å²) in [7, 11) is 0. The van der Waals surface area contributed by atoms with Crippen LogP contribution in [0.1, 0.15) is 25.0 Å². The maximum Gasteiger partial charge on any atom is 0.143 e. The van der Waals surface area contributed by atoms with Crippen LogP contribution in [0.3, 0.4) is 0 Å². The topological polar surface area (TPSA) is 13.1 Å². The van der Waals surface area contributed by atoms with Crippen molar-refractivity contribution in [1.29, 1.82) is 0 Å². The van der Waals surface area contributed by atoms with E-state index in [1.54, 1.807) is 0 Å². The Morgan fingerprint density at radius 3 is 1.62 bits per heavy atom. The smallest absolute Gasteiger partial charge is 0.143 e. The van der Waals surface area contributed by atoms with Crippen LogP contribution in [0.4, 0.5) is 0 Å². The molecule has 0 aliphatic heterocycles. The van der Waals surface area contributed by atoms with Gasteiger partial charge in [-0.25, -0.2) is 0 Å². The van der Waals surface area contributed by atoms with E-state index in [2.05, 4.69) is 196 Å². The molecule has 1 heteroatoms. The van der Waals surface area contributed by atoms with Gasteiger partial charge in [0.05, 0.1) is 0 Å². The Bertz CT molecular complexity index is 3380. The molecule has 0 N–H and O–H groups in total. The number of hydrogen-bond donors (Lipinski definition) is 0. The Labute approximate surface area is 325 Å². The molecule has 0 saturated heterocycles. The van der Waals surface area contributed by atoms with Crippen LogP contribution in [-0.2, 0) is 5.41 Å². The maximum absolute atomic E-state index is 6.97. The highest BCUT2D eigenvalue weighted by Gasteiger charge is 2.38. The van der Waals surface area contributed by atoms with Gasteiger partial charge in [0, 0.05) is 21.8 Å². The molecule has 1 nitrogen and oxygen atoms in total. The van der Waals surface area contributed by atoms with Gasteiger partial charge in [-0.3, -0.25) is 0 Å². The average Bonchev–Trinajstić information content (AvgIpc) is 3.75. The SMILES string of the molecule is CC1(C)c2ccccc2-c2c1cc(-c1ccc3cc(-c4c5ccccc5c(-c5ccccc5)c5ccccc45)ccc3c1)c1oc3ccc4ccccc4c3c21. The lowest BCUT2D eigenvalue weighted by molar-refractivity contribution is 0.657. The first-order chi connectivity index (χ1) is 27.5. The van der Waals surface area contributed by atoms with Gasteiger partial charge in [-0.15, -0.1) is 0 Å². The summed E-state index contributed by atoms with van der Waals surface area (Å²) in [5.41, 5.74) is 14.4. The van der Waals surface area contributed by atoms with Gasteiger partial charge in [0.15, 0.2) is 0 Å². The van der Waals surface area contributed by atoms with Crippen molar-refractivity contribution in [3.8, 4) is 44.5 Å². The molecular weight excluding hydrogens is 677 g/mol. The summed E-state index contributed by atoms with van der Waals surface area (Å²) in [6, 6.07) is 66.9. The number of furan rings is 1. The fourth-order valence-corrected chi connectivity index (χ4v) is 10.0. The molecule has 12 rings (SSSR count). The molecule has 11 aromatic rings. The third-order valence-corrected chi connectivity index (χ3v) is 12.6. The van der Waals surface area contributed by atoms with E-state index in [1.807, 2.05) is 0 Å². The molecule has 0 fully saturated rings. The lowest BCUT2D eigenvalue weighted by Gasteiger charge is -2.22. The molecule has 1 aliphatic carbocycles. The van der Waals surface area contributed by atoms with Crippen LogP contribution < -0.4 is 0 Å². The first-order valence-corrected chi connectivity index (χ1v) is 19.6. The third kappa shape index (κ3) is 4.31. The minimum atomic E-state index is -0.156. The van der Waals surface area contributed by atoms with E-state index < -0.39 is 0 Å². The second kappa shape index (κ2) is 11.5. The molecule has 0 unspecified atom stereocenters. The third-order valence-electron chi connectivity index (χ3n) is 12.6. The Morgan fingerprint density at radius 1 is 0.357 bits per heavy atom. The lowest BCUT2D eigenvalue weighted by Crippen LogP contribution is -2.15. The summed E-state index contributed by atoms with van der Waals surface area (Å²) in [5.74, 6) is 0. The minimum Gasteiger partial charge on any atom is -0.455 e. The van der Waals surface area contributed by atoms with Crippen molar-refractivity contribution in [2.75, 3.05) is 0 Å². The van der Waals surface area contributed by atoms with E-state index in [0.717, 1.165) is 22.3 Å². The van der Waals surface area contributed by atoms with Crippen molar-refractivity contribution >= 4 is 65.0 Å². The predicted octanol–water partition coefficient (Wildman–Crippen LogP) is 15.5. The van der Waals surface area contributed by atoms with E-state index in [1.165, 1.54) is 98.4 Å². The van der Waals surface area contributed by atoms with E-state index in [9.17, 15) is 0 Å². The molecule has 0 bridgehead atoms. The van der Waals surface area contributed by atoms with Crippen LogP contribution >= 0.6 is 0 Å². The quantitative estimate of drug-likeness (QED) is 0.166. The Kier molecular flexibility index (Phi) is 6.46. The fraction of sp³-hybridized carbons (Fsp3) is 0.0545. The highest BCUT2D eigenvalue weighted by molar-refractivity contribution is 6.26. The molecule has 0 saturated carbocycles. The molecule has 0 radical (unpaired) electrons. The first kappa shape index (κ1) is 31.4. The zero-order valence-electron chi connectivity index (χ0n) is 31.2. The van der Waals surface area contributed by atoms with Gasteiger partial charge in [-0.2, -0.15) is 0 Å². The van der Waals surface area contributed by atoms with Crippen molar-refractivity contribution in [1.82, 2.24) is 0 Å². The van der Waals surface area contributed by atoms with Crippen molar-refractivity contribution in [2.24, 2.45) is 0 Å². The zero-order valence-corrected chi connectivity index (χ0v) is 31.2. The molecule has 10 aromatic carbocycles. The summed E-state index contributed by atoms with van der Waals surface area (Å²) in [6.45, 7) is 4.74. The van der Waals surface area contributed by atoms with Gasteiger partial charge < -0.3 is 4.42 Å². The average molecular weight is 713 g/mol. The van der Waals surface area contributed by atoms with Gasteiger partial charge in [0.1, 0.15) is 11.2 Å². The fourth-order valence-electron chi connectivity index (χ4n) is 10.0. The monoisotopic (exact) mass is 712 g/mol. The summed E-state index contributed by atoms with van der Waals surface area (Å²) >= 11 is 0. The second-order valence-corrected chi connectivity index (χ2v) is 16.0. The predicted molar refractivity (Wildman–Crippen MR) is 238 cm³/mol. The molecule has 0 atom stereocenters. The van der Waals surface area contributed by atoms with Crippen molar-refractivity contribution in [2.45, 2.75) is 19.3 Å². The number of hydrogen-bond acceptors (Lipinski definition) is 1. The van der Waals surface area contributed by atoms with Crippen molar-refractivity contribution in [3.05, 3.63) is 193 Å². The summed E-state index contributed by atoms with van der Waals surface area (Å²) in [6.07, 6.45) is 0. The zero-order chi connectivity index (χ0) is 37.1. The van der Waals surface area contributed by atoms with Crippen molar-refractivity contribution < 1.29 is 4.42 Å². The molecule has 262 valence electrons. The van der Waals surface area contributed by atoms with Gasteiger partial charge >= 0.3 is 0 Å². The van der Waals surface area contributed by atoms with Crippen LogP contribution in [0.2, 0.25) is 0 Å². The molecule has 0 amide bonds. The van der Waals surface area contributed by atoms with E-state index in [-0.39, 0.29) is 5.41 Å². The molecular formula is C55H36O. The molecule has 1 aromatic heterocycles. The second-order valence-electron chi connectivity index (χ2n) is 16.0. The molecule has 1 heterocycles. The highest BCUT2D eigenvalue weighted by Crippen LogP contribution is 2.56. The number of benzene rings is 10. The van der Waals surface area contributed by atoms with Gasteiger partial charge in [-0.1, -0.05) is 172 Å². The normalized spacial score (nSPS) is 13.3. The lowest BCUT2D eigenvalue weighted by atomic mass is 9.81. The molecule has 1 aliphatic rings. The first-order valence-electron chi connectivity index (χ1n) is 19.6. The molecule has 0 spiro atoms. The van der Waals surface area contributed by atoms with Crippen LogP contribution in [-0.4, -0.2) is 0 Å². The Balaban J connectivity index is 1.09. The van der Waals surface area contributed by atoms with Gasteiger partial charge in [0.2, 0.25) is 0 Å². The summed E-state index contributed by atoms with van der Waals surface area (Å²) in [5, 5.41) is 12.4. The van der Waals surface area contributed by atoms with Gasteiger partial charge in [0.25, 0.3) is 0 Å². The van der Waals surface area contributed by atoms with E-state index in [4.69, 9.17) is 4.42 Å². The Hall–Kier alpha value is -6.96. The summed E-state index contributed by atoms with van der Waals surface area (Å²) in [4.78, 5) is 0. The summed E-state index contributed by atoms with van der Waals surface area (Å²) < 4.78 is 6.97.